The van der Waals surface area contributed by atoms with Gasteiger partial charge in [0.15, 0.2) is 5.82 Å². The van der Waals surface area contributed by atoms with Crippen LogP contribution in [-0.4, -0.2) is 27.6 Å². The predicted octanol–water partition coefficient (Wildman–Crippen LogP) is 0.609. The molecule has 1 unspecified atom stereocenters. The van der Waals surface area contributed by atoms with Crippen LogP contribution in [0.5, 0.6) is 0 Å². The van der Waals surface area contributed by atoms with Crippen LogP contribution in [0.15, 0.2) is 4.52 Å². The minimum absolute atomic E-state index is 0.0474. The van der Waals surface area contributed by atoms with Gasteiger partial charge in [-0.05, 0) is 25.4 Å². The first-order valence-corrected chi connectivity index (χ1v) is 4.62. The quantitative estimate of drug-likeness (QED) is 0.253. The Kier molecular flexibility index (Phi) is 3.43. The molecule has 1 aromatic rings. The highest BCUT2D eigenvalue weighted by Crippen LogP contribution is 2.30. The van der Waals surface area contributed by atoms with Crippen molar-refractivity contribution in [1.29, 1.82) is 0 Å². The van der Waals surface area contributed by atoms with E-state index in [2.05, 4.69) is 19.4 Å². The fourth-order valence-electron chi connectivity index (χ4n) is 0.898. The Hall–Kier alpha value is -1.70. The molecule has 0 fully saturated rings. The van der Waals surface area contributed by atoms with Crippen molar-refractivity contribution >= 4 is 17.6 Å². The third kappa shape index (κ3) is 1.96. The van der Waals surface area contributed by atoms with E-state index in [4.69, 9.17) is 11.6 Å². The van der Waals surface area contributed by atoms with E-state index in [-0.39, 0.29) is 12.4 Å². The number of nitro groups is 1. The number of alkyl halides is 1. The Morgan fingerprint density at radius 3 is 2.75 bits per heavy atom. The maximum Gasteiger partial charge on any atom is 0.467 e. The summed E-state index contributed by atoms with van der Waals surface area (Å²) in [4.78, 5) is 22.0. The number of ether oxygens (including phenoxy) is 1. The monoisotopic (exact) mass is 249 g/mol. The molecule has 9 heteroatoms. The summed E-state index contributed by atoms with van der Waals surface area (Å²) in [6, 6.07) is 0. The van der Waals surface area contributed by atoms with Crippen LogP contribution in [-0.2, 0) is 14.5 Å². The molecular weight excluding hydrogens is 242 g/mol. The van der Waals surface area contributed by atoms with E-state index >= 15 is 0 Å². The molecular formula is C7H8ClN3O5. The molecule has 0 radical (unpaired) electrons. The minimum atomic E-state index is -2.68. The summed E-state index contributed by atoms with van der Waals surface area (Å²) in [7, 11) is 0. The maximum atomic E-state index is 11.4. The molecule has 16 heavy (non-hydrogen) atoms. The average molecular weight is 250 g/mol. The molecule has 0 saturated carbocycles. The Labute approximate surface area is 94.7 Å². The normalized spacial score (nSPS) is 14.2. The molecule has 0 saturated heterocycles. The highest BCUT2D eigenvalue weighted by atomic mass is 35.5. The number of nitrogens with zero attached hydrogens (tertiary/aromatic N) is 3. The number of esters is 1. The van der Waals surface area contributed by atoms with Gasteiger partial charge in [-0.25, -0.2) is 4.79 Å². The van der Waals surface area contributed by atoms with E-state index in [1.165, 1.54) is 13.8 Å². The zero-order chi connectivity index (χ0) is 12.3. The molecule has 1 atom stereocenters. The van der Waals surface area contributed by atoms with Crippen molar-refractivity contribution in [1.82, 2.24) is 10.1 Å². The molecule has 1 rings (SSSR count). The summed E-state index contributed by atoms with van der Waals surface area (Å²) in [6.45, 7) is 2.89. The second kappa shape index (κ2) is 4.44. The van der Waals surface area contributed by atoms with Gasteiger partial charge in [-0.3, -0.25) is 10.1 Å². The SMILES string of the molecule is CCOC(=O)C(Cl)(c1nc(C)no1)[N+](=O)[O-]. The second-order valence-electron chi connectivity index (χ2n) is 2.75. The van der Waals surface area contributed by atoms with Crippen molar-refractivity contribution in [2.75, 3.05) is 6.61 Å². The first-order chi connectivity index (χ1) is 7.42. The summed E-state index contributed by atoms with van der Waals surface area (Å²) >= 11 is 5.57. The molecule has 0 aliphatic heterocycles. The number of aromatic nitrogens is 2. The highest BCUT2D eigenvalue weighted by molar-refractivity contribution is 6.31. The summed E-state index contributed by atoms with van der Waals surface area (Å²) in [5.74, 6) is -1.74. The van der Waals surface area contributed by atoms with E-state index in [0.717, 1.165) is 0 Å². The lowest BCUT2D eigenvalue weighted by Gasteiger charge is -2.11. The lowest BCUT2D eigenvalue weighted by atomic mass is 10.3. The van der Waals surface area contributed by atoms with E-state index in [1.54, 1.807) is 0 Å². The van der Waals surface area contributed by atoms with Crippen LogP contribution in [0.3, 0.4) is 0 Å². The third-order valence-corrected chi connectivity index (χ3v) is 2.06. The van der Waals surface area contributed by atoms with Crippen LogP contribution in [0.25, 0.3) is 0 Å². The molecule has 0 spiro atoms. The molecule has 0 aliphatic carbocycles. The summed E-state index contributed by atoms with van der Waals surface area (Å²) in [5, 5.41) is 14.1. The minimum Gasteiger partial charge on any atom is -0.459 e. The van der Waals surface area contributed by atoms with E-state index in [1.807, 2.05) is 0 Å². The molecule has 0 amide bonds. The van der Waals surface area contributed by atoms with E-state index in [9.17, 15) is 14.9 Å². The lowest BCUT2D eigenvalue weighted by molar-refractivity contribution is -0.540. The van der Waals surface area contributed by atoms with Gasteiger partial charge < -0.3 is 9.26 Å². The average Bonchev–Trinajstić information content (AvgIpc) is 2.64. The molecule has 8 nitrogen and oxygen atoms in total. The number of carbonyl (C=O) groups is 1. The third-order valence-electron chi connectivity index (χ3n) is 1.61. The van der Waals surface area contributed by atoms with Gasteiger partial charge in [0.05, 0.1) is 11.5 Å². The van der Waals surface area contributed by atoms with Crippen molar-refractivity contribution in [3.63, 3.8) is 0 Å². The predicted molar refractivity (Wildman–Crippen MR) is 50.2 cm³/mol. The van der Waals surface area contributed by atoms with Crippen molar-refractivity contribution < 1.29 is 19.0 Å². The van der Waals surface area contributed by atoms with Crippen LogP contribution in [0, 0.1) is 17.0 Å². The Balaban J connectivity index is 3.16. The zero-order valence-electron chi connectivity index (χ0n) is 8.47. The zero-order valence-corrected chi connectivity index (χ0v) is 9.22. The molecule has 1 aromatic heterocycles. The number of hydrogen-bond acceptors (Lipinski definition) is 7. The van der Waals surface area contributed by atoms with Gasteiger partial charge in [0, 0.05) is 0 Å². The van der Waals surface area contributed by atoms with Gasteiger partial charge in [0.25, 0.3) is 0 Å². The van der Waals surface area contributed by atoms with Gasteiger partial charge in [-0.15, -0.1) is 0 Å². The van der Waals surface area contributed by atoms with Gasteiger partial charge in [-0.2, -0.15) is 4.98 Å². The first kappa shape index (κ1) is 12.4. The Morgan fingerprint density at radius 2 is 2.38 bits per heavy atom. The van der Waals surface area contributed by atoms with Gasteiger partial charge in [0.1, 0.15) is 0 Å². The van der Waals surface area contributed by atoms with Gasteiger partial charge in [-0.1, -0.05) is 5.16 Å². The molecule has 0 aliphatic rings. The second-order valence-corrected chi connectivity index (χ2v) is 3.29. The highest BCUT2D eigenvalue weighted by Gasteiger charge is 2.58. The standard InChI is InChI=1S/C7H8ClN3O5/c1-3-15-6(12)7(8,11(13)14)5-9-4(2)10-16-5/h3H2,1-2H3. The van der Waals surface area contributed by atoms with Crippen LogP contribution in [0.2, 0.25) is 0 Å². The summed E-state index contributed by atoms with van der Waals surface area (Å²) in [6.07, 6.45) is 0. The number of carbonyl (C=O) groups excluding carboxylic acids is 1. The van der Waals surface area contributed by atoms with Crippen molar-refractivity contribution in [3.05, 3.63) is 21.8 Å². The number of aryl methyl sites for hydroxylation is 1. The molecule has 1 heterocycles. The smallest absolute Gasteiger partial charge is 0.459 e. The molecule has 0 bridgehead atoms. The molecule has 88 valence electrons. The number of rotatable bonds is 4. The number of halogens is 1. The van der Waals surface area contributed by atoms with Gasteiger partial charge in [0.2, 0.25) is 0 Å². The topological polar surface area (TPSA) is 108 Å². The Morgan fingerprint density at radius 1 is 1.75 bits per heavy atom. The summed E-state index contributed by atoms with van der Waals surface area (Å²) in [5.41, 5.74) is 0. The first-order valence-electron chi connectivity index (χ1n) is 4.24. The number of hydrogen-bond donors (Lipinski definition) is 0. The van der Waals surface area contributed by atoms with Crippen LogP contribution in [0.1, 0.15) is 18.6 Å². The fraction of sp³-hybridized carbons (Fsp3) is 0.571. The molecule has 0 N–H and O–H groups in total. The van der Waals surface area contributed by atoms with Crippen LogP contribution >= 0.6 is 11.6 Å². The fourth-order valence-corrected chi connectivity index (χ4v) is 1.03. The maximum absolute atomic E-state index is 11.4. The van der Waals surface area contributed by atoms with E-state index < -0.39 is 21.8 Å². The lowest BCUT2D eigenvalue weighted by Crippen LogP contribution is -2.40. The van der Waals surface area contributed by atoms with Crippen molar-refractivity contribution in [2.45, 2.75) is 18.8 Å². The summed E-state index contributed by atoms with van der Waals surface area (Å²) < 4.78 is 9.01. The van der Waals surface area contributed by atoms with Crippen LogP contribution in [0.4, 0.5) is 0 Å². The Bertz CT molecular complexity index is 420. The van der Waals surface area contributed by atoms with Crippen LogP contribution < -0.4 is 0 Å². The largest absolute Gasteiger partial charge is 0.467 e. The van der Waals surface area contributed by atoms with Crippen molar-refractivity contribution in [2.24, 2.45) is 0 Å². The van der Waals surface area contributed by atoms with Crippen molar-refractivity contribution in [3.8, 4) is 0 Å². The van der Waals surface area contributed by atoms with Gasteiger partial charge >= 0.3 is 16.9 Å². The molecule has 0 aromatic carbocycles. The van der Waals surface area contributed by atoms with E-state index in [0.29, 0.717) is 0 Å².